The molecule has 0 saturated heterocycles. The molecule has 1 aromatic carbocycles. The van der Waals surface area contributed by atoms with Crippen molar-refractivity contribution in [2.45, 2.75) is 19.5 Å². The van der Waals surface area contributed by atoms with Gasteiger partial charge >= 0.3 is 5.97 Å². The minimum absolute atomic E-state index is 0.0192. The number of aromatic carboxylic acids is 1. The lowest BCUT2D eigenvalue weighted by molar-refractivity contribution is -0.385. The standard InChI is InChI=1S/C15H12FN3O5/c1-7-2-3-8(16)4-9(7)13-14-10(19(23)24)5-11(15(21)22)18(14)6-12(20)17-13/h2-5,13H,6H2,1H3,(H,17,20)(H,21,22). The maximum atomic E-state index is 13.6. The lowest BCUT2D eigenvalue weighted by Crippen LogP contribution is -2.40. The van der Waals surface area contributed by atoms with Gasteiger partial charge in [0, 0.05) is 6.07 Å². The highest BCUT2D eigenvalue weighted by Gasteiger charge is 2.38. The quantitative estimate of drug-likeness (QED) is 0.656. The van der Waals surface area contributed by atoms with Crippen LogP contribution in [0.25, 0.3) is 0 Å². The first-order valence-electron chi connectivity index (χ1n) is 6.96. The van der Waals surface area contributed by atoms with Gasteiger partial charge in [-0.2, -0.15) is 0 Å². The number of halogens is 1. The summed E-state index contributed by atoms with van der Waals surface area (Å²) in [4.78, 5) is 33.9. The van der Waals surface area contributed by atoms with Gasteiger partial charge in [0.1, 0.15) is 29.8 Å². The van der Waals surface area contributed by atoms with E-state index in [1.807, 2.05) is 0 Å². The summed E-state index contributed by atoms with van der Waals surface area (Å²) in [5.74, 6) is -2.45. The number of nitrogens with zero attached hydrogens (tertiary/aromatic N) is 2. The molecule has 3 rings (SSSR count). The molecule has 1 aliphatic rings. The fourth-order valence-electron chi connectivity index (χ4n) is 2.91. The van der Waals surface area contributed by atoms with E-state index in [0.29, 0.717) is 11.1 Å². The van der Waals surface area contributed by atoms with Crippen LogP contribution >= 0.6 is 0 Å². The molecule has 1 amide bonds. The van der Waals surface area contributed by atoms with Crippen molar-refractivity contribution in [3.05, 3.63) is 62.7 Å². The zero-order valence-electron chi connectivity index (χ0n) is 12.4. The number of nitro groups is 1. The molecule has 0 aliphatic carbocycles. The van der Waals surface area contributed by atoms with Crippen LogP contribution in [0.3, 0.4) is 0 Å². The highest BCUT2D eigenvalue weighted by atomic mass is 19.1. The molecular weight excluding hydrogens is 321 g/mol. The number of fused-ring (bicyclic) bond motifs is 1. The van der Waals surface area contributed by atoms with Gasteiger partial charge in [-0.25, -0.2) is 9.18 Å². The van der Waals surface area contributed by atoms with Crippen LogP contribution in [0.5, 0.6) is 0 Å². The first-order valence-corrected chi connectivity index (χ1v) is 6.96. The number of carboxylic acids is 1. The number of amides is 1. The van der Waals surface area contributed by atoms with E-state index in [9.17, 15) is 29.2 Å². The normalized spacial score (nSPS) is 16.4. The lowest BCUT2D eigenvalue weighted by atomic mass is 9.96. The Hall–Kier alpha value is -3.23. The Kier molecular flexibility index (Phi) is 3.55. The van der Waals surface area contributed by atoms with Crippen molar-refractivity contribution in [1.82, 2.24) is 9.88 Å². The highest BCUT2D eigenvalue weighted by molar-refractivity contribution is 5.90. The predicted octanol–water partition coefficient (Wildman–Crippen LogP) is 1.76. The molecule has 0 spiro atoms. The summed E-state index contributed by atoms with van der Waals surface area (Å²) in [5.41, 5.74) is 0.183. The van der Waals surface area contributed by atoms with Crippen LogP contribution in [-0.2, 0) is 11.3 Å². The van der Waals surface area contributed by atoms with Gasteiger partial charge in [0.05, 0.1) is 4.92 Å². The molecule has 1 aliphatic heterocycles. The van der Waals surface area contributed by atoms with E-state index in [0.717, 1.165) is 10.6 Å². The number of carbonyl (C=O) groups excluding carboxylic acids is 1. The summed E-state index contributed by atoms with van der Waals surface area (Å²) in [5, 5.41) is 23.2. The van der Waals surface area contributed by atoms with Crippen LogP contribution in [-0.4, -0.2) is 26.5 Å². The number of hydrogen-bond acceptors (Lipinski definition) is 4. The first-order chi connectivity index (χ1) is 11.3. The van der Waals surface area contributed by atoms with Gasteiger partial charge in [-0.05, 0) is 30.2 Å². The van der Waals surface area contributed by atoms with Crippen LogP contribution in [0, 0.1) is 22.9 Å². The number of nitrogens with one attached hydrogen (secondary N) is 1. The zero-order chi connectivity index (χ0) is 17.6. The molecule has 124 valence electrons. The van der Waals surface area contributed by atoms with Crippen LogP contribution in [0.1, 0.15) is 33.4 Å². The SMILES string of the molecule is Cc1ccc(F)cc1C1NC(=O)Cn2c(C(=O)O)cc([N+](=O)[O-])c21. The molecule has 1 atom stereocenters. The van der Waals surface area contributed by atoms with Crippen molar-refractivity contribution >= 4 is 17.6 Å². The van der Waals surface area contributed by atoms with E-state index >= 15 is 0 Å². The van der Waals surface area contributed by atoms with Gasteiger partial charge in [0.2, 0.25) is 5.91 Å². The Morgan fingerprint density at radius 1 is 1.46 bits per heavy atom. The second-order valence-electron chi connectivity index (χ2n) is 5.45. The molecule has 24 heavy (non-hydrogen) atoms. The topological polar surface area (TPSA) is 114 Å². The number of aromatic nitrogens is 1. The van der Waals surface area contributed by atoms with Crippen molar-refractivity contribution in [3.8, 4) is 0 Å². The van der Waals surface area contributed by atoms with Crippen molar-refractivity contribution in [2.75, 3.05) is 0 Å². The van der Waals surface area contributed by atoms with E-state index in [1.54, 1.807) is 6.92 Å². The molecular formula is C15H12FN3O5. The Bertz CT molecular complexity index is 889. The molecule has 0 fully saturated rings. The van der Waals surface area contributed by atoms with Crippen LogP contribution < -0.4 is 5.32 Å². The molecule has 0 saturated carbocycles. The molecule has 9 heteroatoms. The van der Waals surface area contributed by atoms with Crippen LogP contribution in [0.15, 0.2) is 24.3 Å². The Morgan fingerprint density at radius 2 is 2.17 bits per heavy atom. The summed E-state index contributed by atoms with van der Waals surface area (Å²) in [6, 6.07) is 3.81. The van der Waals surface area contributed by atoms with Gasteiger partial charge in [-0.15, -0.1) is 0 Å². The van der Waals surface area contributed by atoms with E-state index in [-0.39, 0.29) is 17.9 Å². The minimum atomic E-state index is -1.38. The first kappa shape index (κ1) is 15.7. The summed E-state index contributed by atoms with van der Waals surface area (Å²) in [7, 11) is 0. The van der Waals surface area contributed by atoms with Crippen molar-refractivity contribution in [2.24, 2.45) is 0 Å². The van der Waals surface area contributed by atoms with Crippen LogP contribution in [0.4, 0.5) is 10.1 Å². The number of aryl methyl sites for hydroxylation is 1. The van der Waals surface area contributed by atoms with Gasteiger partial charge in [-0.1, -0.05) is 6.07 Å². The maximum absolute atomic E-state index is 13.6. The third-order valence-electron chi connectivity index (χ3n) is 3.97. The summed E-state index contributed by atoms with van der Waals surface area (Å²) >= 11 is 0. The van der Waals surface area contributed by atoms with E-state index in [1.165, 1.54) is 18.2 Å². The third kappa shape index (κ3) is 2.39. The Morgan fingerprint density at radius 3 is 2.79 bits per heavy atom. The average molecular weight is 333 g/mol. The highest BCUT2D eigenvalue weighted by Crippen LogP contribution is 2.36. The van der Waals surface area contributed by atoms with Crippen molar-refractivity contribution < 1.29 is 24.0 Å². The minimum Gasteiger partial charge on any atom is -0.477 e. The van der Waals surface area contributed by atoms with E-state index in [4.69, 9.17) is 0 Å². The fourth-order valence-corrected chi connectivity index (χ4v) is 2.91. The predicted molar refractivity (Wildman–Crippen MR) is 79.2 cm³/mol. The van der Waals surface area contributed by atoms with Crippen molar-refractivity contribution in [1.29, 1.82) is 0 Å². The summed E-state index contributed by atoms with van der Waals surface area (Å²) in [6.07, 6.45) is 0. The number of rotatable bonds is 3. The molecule has 2 heterocycles. The smallest absolute Gasteiger partial charge is 0.352 e. The largest absolute Gasteiger partial charge is 0.477 e. The molecule has 2 aromatic rings. The monoisotopic (exact) mass is 333 g/mol. The number of hydrogen-bond donors (Lipinski definition) is 2. The average Bonchev–Trinajstić information content (AvgIpc) is 2.88. The van der Waals surface area contributed by atoms with Gasteiger partial charge in [0.15, 0.2) is 0 Å². The van der Waals surface area contributed by atoms with Crippen molar-refractivity contribution in [3.63, 3.8) is 0 Å². The second kappa shape index (κ2) is 5.44. The molecule has 8 nitrogen and oxygen atoms in total. The molecule has 1 aromatic heterocycles. The van der Waals surface area contributed by atoms with E-state index in [2.05, 4.69) is 5.32 Å². The molecule has 1 unspecified atom stereocenters. The van der Waals surface area contributed by atoms with E-state index < -0.39 is 34.3 Å². The molecule has 0 bridgehead atoms. The number of carboxylic acid groups (broad SMARTS) is 1. The van der Waals surface area contributed by atoms with Gasteiger partial charge < -0.3 is 15.0 Å². The fraction of sp³-hybridized carbons (Fsp3) is 0.200. The zero-order valence-corrected chi connectivity index (χ0v) is 12.4. The Labute approximate surface area is 134 Å². The lowest BCUT2D eigenvalue weighted by Gasteiger charge is -2.27. The molecule has 2 N–H and O–H groups in total. The maximum Gasteiger partial charge on any atom is 0.352 e. The second-order valence-corrected chi connectivity index (χ2v) is 5.45. The van der Waals surface area contributed by atoms with Gasteiger partial charge in [0.25, 0.3) is 5.69 Å². The Balaban J connectivity index is 2.29. The summed E-state index contributed by atoms with van der Waals surface area (Å²) < 4.78 is 14.7. The summed E-state index contributed by atoms with van der Waals surface area (Å²) in [6.45, 7) is 1.32. The third-order valence-corrected chi connectivity index (χ3v) is 3.97. The number of carbonyl (C=O) groups is 2. The van der Waals surface area contributed by atoms with Crippen LogP contribution in [0.2, 0.25) is 0 Å². The van der Waals surface area contributed by atoms with Gasteiger partial charge in [-0.3, -0.25) is 14.9 Å². The molecule has 0 radical (unpaired) electrons. The number of benzene rings is 1.